The predicted molar refractivity (Wildman–Crippen MR) is 63.7 cm³/mol. The quantitative estimate of drug-likeness (QED) is 0.916. The van der Waals surface area contributed by atoms with Crippen molar-refractivity contribution >= 4 is 17.4 Å². The molecule has 0 saturated heterocycles. The van der Waals surface area contributed by atoms with Crippen molar-refractivity contribution in [3.63, 3.8) is 0 Å². The van der Waals surface area contributed by atoms with Crippen LogP contribution in [0.25, 0.3) is 0 Å². The van der Waals surface area contributed by atoms with Crippen LogP contribution in [0.1, 0.15) is 5.56 Å². The lowest BCUT2D eigenvalue weighted by Gasteiger charge is -2.05. The third-order valence-corrected chi connectivity index (χ3v) is 2.60. The molecule has 0 aliphatic heterocycles. The standard InChI is InChI=1S/C11H11ClFN3O/c1-17-10-3-2-7(4-9(10)13)5-16-6-8(12)11(14)15-16/h2-4,6H,5H2,1H3,(H2,14,15). The highest BCUT2D eigenvalue weighted by atomic mass is 35.5. The molecule has 6 heteroatoms. The van der Waals surface area contributed by atoms with Gasteiger partial charge in [0.2, 0.25) is 0 Å². The van der Waals surface area contributed by atoms with Crippen molar-refractivity contribution in [1.29, 1.82) is 0 Å². The second-order valence-electron chi connectivity index (χ2n) is 3.53. The average molecular weight is 256 g/mol. The predicted octanol–water partition coefficient (Wildman–Crippen LogP) is 2.31. The maximum atomic E-state index is 13.4. The number of methoxy groups -OCH3 is 1. The van der Waals surface area contributed by atoms with Crippen molar-refractivity contribution in [2.24, 2.45) is 0 Å². The van der Waals surface area contributed by atoms with Gasteiger partial charge in [-0.2, -0.15) is 5.10 Å². The van der Waals surface area contributed by atoms with Crippen molar-refractivity contribution in [3.8, 4) is 5.75 Å². The van der Waals surface area contributed by atoms with Gasteiger partial charge in [-0.15, -0.1) is 0 Å². The molecule has 0 atom stereocenters. The Morgan fingerprint density at radius 3 is 2.82 bits per heavy atom. The molecule has 0 fully saturated rings. The first-order chi connectivity index (χ1) is 8.10. The van der Waals surface area contributed by atoms with E-state index in [2.05, 4.69) is 5.10 Å². The van der Waals surface area contributed by atoms with E-state index in [1.807, 2.05) is 0 Å². The van der Waals surface area contributed by atoms with E-state index in [-0.39, 0.29) is 11.6 Å². The minimum Gasteiger partial charge on any atom is -0.494 e. The molecule has 0 amide bonds. The monoisotopic (exact) mass is 255 g/mol. The number of ether oxygens (including phenoxy) is 1. The van der Waals surface area contributed by atoms with Crippen LogP contribution in [0.5, 0.6) is 5.75 Å². The lowest BCUT2D eigenvalue weighted by Crippen LogP contribution is -2.02. The van der Waals surface area contributed by atoms with Gasteiger partial charge in [-0.1, -0.05) is 17.7 Å². The number of hydrogen-bond acceptors (Lipinski definition) is 3. The van der Waals surface area contributed by atoms with Crippen LogP contribution in [0, 0.1) is 5.82 Å². The lowest BCUT2D eigenvalue weighted by atomic mass is 10.2. The van der Waals surface area contributed by atoms with Gasteiger partial charge < -0.3 is 10.5 Å². The van der Waals surface area contributed by atoms with Crippen LogP contribution in [0.2, 0.25) is 5.02 Å². The Morgan fingerprint density at radius 1 is 1.53 bits per heavy atom. The van der Waals surface area contributed by atoms with E-state index in [0.717, 1.165) is 5.56 Å². The third-order valence-electron chi connectivity index (χ3n) is 2.30. The smallest absolute Gasteiger partial charge is 0.165 e. The van der Waals surface area contributed by atoms with Crippen LogP contribution >= 0.6 is 11.6 Å². The Kier molecular flexibility index (Phi) is 3.19. The van der Waals surface area contributed by atoms with E-state index in [1.54, 1.807) is 23.0 Å². The first-order valence-electron chi connectivity index (χ1n) is 4.91. The molecule has 1 heterocycles. The molecular formula is C11H11ClFN3O. The molecule has 0 aliphatic carbocycles. The first-order valence-corrected chi connectivity index (χ1v) is 5.29. The average Bonchev–Trinajstić information content (AvgIpc) is 2.58. The number of benzene rings is 1. The van der Waals surface area contributed by atoms with Crippen LogP contribution in [0.4, 0.5) is 10.2 Å². The highest BCUT2D eigenvalue weighted by Crippen LogP contribution is 2.20. The summed E-state index contributed by atoms with van der Waals surface area (Å²) < 4.78 is 19.8. The number of aromatic nitrogens is 2. The highest BCUT2D eigenvalue weighted by Gasteiger charge is 2.06. The molecule has 90 valence electrons. The van der Waals surface area contributed by atoms with Gasteiger partial charge in [-0.25, -0.2) is 4.39 Å². The molecule has 1 aromatic heterocycles. The largest absolute Gasteiger partial charge is 0.494 e. The number of anilines is 1. The van der Waals surface area contributed by atoms with Crippen molar-refractivity contribution in [1.82, 2.24) is 9.78 Å². The molecular weight excluding hydrogens is 245 g/mol. The lowest BCUT2D eigenvalue weighted by molar-refractivity contribution is 0.386. The summed E-state index contributed by atoms with van der Waals surface area (Å²) in [7, 11) is 1.42. The van der Waals surface area contributed by atoms with Gasteiger partial charge in [0.05, 0.1) is 13.7 Å². The maximum Gasteiger partial charge on any atom is 0.165 e. The molecule has 1 aromatic carbocycles. The summed E-state index contributed by atoms with van der Waals surface area (Å²) in [4.78, 5) is 0. The number of nitrogen functional groups attached to an aromatic ring is 1. The van der Waals surface area contributed by atoms with Crippen LogP contribution in [-0.2, 0) is 6.54 Å². The molecule has 2 rings (SSSR count). The third kappa shape index (κ3) is 2.50. The van der Waals surface area contributed by atoms with Gasteiger partial charge >= 0.3 is 0 Å². The van der Waals surface area contributed by atoms with E-state index >= 15 is 0 Å². The van der Waals surface area contributed by atoms with E-state index < -0.39 is 5.82 Å². The fraction of sp³-hybridized carbons (Fsp3) is 0.182. The molecule has 2 N–H and O–H groups in total. The SMILES string of the molecule is COc1ccc(Cn2cc(Cl)c(N)n2)cc1F. The molecule has 0 radical (unpaired) electrons. The maximum absolute atomic E-state index is 13.4. The molecule has 0 saturated carbocycles. The minimum absolute atomic E-state index is 0.215. The van der Waals surface area contributed by atoms with Gasteiger partial charge in [-0.05, 0) is 17.7 Å². The number of rotatable bonds is 3. The summed E-state index contributed by atoms with van der Waals surface area (Å²) in [6, 6.07) is 4.72. The fourth-order valence-corrected chi connectivity index (χ4v) is 1.64. The van der Waals surface area contributed by atoms with Crippen LogP contribution in [0.15, 0.2) is 24.4 Å². The van der Waals surface area contributed by atoms with E-state index in [1.165, 1.54) is 13.2 Å². The number of nitrogens with two attached hydrogens (primary N) is 1. The number of halogens is 2. The molecule has 17 heavy (non-hydrogen) atoms. The van der Waals surface area contributed by atoms with Gasteiger partial charge in [0.25, 0.3) is 0 Å². The van der Waals surface area contributed by atoms with Crippen LogP contribution < -0.4 is 10.5 Å². The van der Waals surface area contributed by atoms with Crippen LogP contribution in [0.3, 0.4) is 0 Å². The fourth-order valence-electron chi connectivity index (χ4n) is 1.49. The van der Waals surface area contributed by atoms with Crippen molar-refractivity contribution in [2.45, 2.75) is 6.54 Å². The number of nitrogens with zero attached hydrogens (tertiary/aromatic N) is 2. The summed E-state index contributed by atoms with van der Waals surface area (Å²) in [5, 5.41) is 4.37. The van der Waals surface area contributed by atoms with Crippen LogP contribution in [-0.4, -0.2) is 16.9 Å². The Bertz CT molecular complexity index is 522. The Hall–Kier alpha value is -1.75. The van der Waals surface area contributed by atoms with Crippen molar-refractivity contribution in [2.75, 3.05) is 12.8 Å². The summed E-state index contributed by atoms with van der Waals surface area (Å²) in [5.74, 6) is 0.0728. The summed E-state index contributed by atoms with van der Waals surface area (Å²) in [6.45, 7) is 0.401. The van der Waals surface area contributed by atoms with Gasteiger partial charge in [-0.3, -0.25) is 4.68 Å². The summed E-state index contributed by atoms with van der Waals surface area (Å²) in [6.07, 6.45) is 1.60. The Balaban J connectivity index is 2.21. The normalized spacial score (nSPS) is 10.5. The van der Waals surface area contributed by atoms with E-state index in [9.17, 15) is 4.39 Å². The molecule has 2 aromatic rings. The second kappa shape index (κ2) is 4.63. The molecule has 4 nitrogen and oxygen atoms in total. The van der Waals surface area contributed by atoms with Crippen molar-refractivity contribution in [3.05, 3.63) is 40.8 Å². The Labute approximate surface area is 103 Å². The van der Waals surface area contributed by atoms with Gasteiger partial charge in [0.15, 0.2) is 17.4 Å². The Morgan fingerprint density at radius 2 is 2.29 bits per heavy atom. The minimum atomic E-state index is -0.406. The second-order valence-corrected chi connectivity index (χ2v) is 3.94. The topological polar surface area (TPSA) is 53.1 Å². The van der Waals surface area contributed by atoms with E-state index in [0.29, 0.717) is 11.6 Å². The molecule has 0 aliphatic rings. The summed E-state index contributed by atoms with van der Waals surface area (Å²) in [5.41, 5.74) is 6.26. The highest BCUT2D eigenvalue weighted by molar-refractivity contribution is 6.32. The van der Waals surface area contributed by atoms with Gasteiger partial charge in [0.1, 0.15) is 5.02 Å². The van der Waals surface area contributed by atoms with Gasteiger partial charge in [0, 0.05) is 6.20 Å². The summed E-state index contributed by atoms with van der Waals surface area (Å²) >= 11 is 5.77. The first kappa shape index (κ1) is 11.7. The van der Waals surface area contributed by atoms with Crippen molar-refractivity contribution < 1.29 is 9.13 Å². The zero-order valence-electron chi connectivity index (χ0n) is 9.15. The molecule has 0 unspecified atom stereocenters. The zero-order valence-corrected chi connectivity index (χ0v) is 9.91. The molecule has 0 spiro atoms. The molecule has 0 bridgehead atoms. The zero-order chi connectivity index (χ0) is 12.4. The van der Waals surface area contributed by atoms with E-state index in [4.69, 9.17) is 22.1 Å². The number of hydrogen-bond donors (Lipinski definition) is 1.